The van der Waals surface area contributed by atoms with Crippen LogP contribution in [-0.4, -0.2) is 11.1 Å². The van der Waals surface area contributed by atoms with Crippen LogP contribution >= 0.6 is 11.6 Å². The van der Waals surface area contributed by atoms with Crippen molar-refractivity contribution < 1.29 is 4.74 Å². The molecule has 1 aliphatic rings. The molecule has 2 nitrogen and oxygen atoms in total. The maximum Gasteiger partial charge on any atom is 0.142 e. The minimum absolute atomic E-state index is 0.406. The lowest BCUT2D eigenvalue weighted by molar-refractivity contribution is 0.300. The van der Waals surface area contributed by atoms with Gasteiger partial charge in [-0.2, -0.15) is 0 Å². The molecular formula is C9H10ClNO. The molecule has 12 heavy (non-hydrogen) atoms. The zero-order valence-corrected chi connectivity index (χ0v) is 7.64. The lowest BCUT2D eigenvalue weighted by Crippen LogP contribution is -1.98. The number of nitrogens with zero attached hydrogens (tertiary/aromatic N) is 1. The van der Waals surface area contributed by atoms with Gasteiger partial charge < -0.3 is 4.74 Å². The normalized spacial score (nSPS) is 16.2. The third kappa shape index (κ3) is 1.53. The van der Waals surface area contributed by atoms with E-state index in [0.29, 0.717) is 11.1 Å². The third-order valence-electron chi connectivity index (χ3n) is 1.93. The first kappa shape index (κ1) is 7.87. The van der Waals surface area contributed by atoms with Crippen molar-refractivity contribution in [2.24, 2.45) is 0 Å². The van der Waals surface area contributed by atoms with Crippen molar-refractivity contribution >= 4 is 11.6 Å². The Kier molecular flexibility index (Phi) is 1.93. The topological polar surface area (TPSA) is 22.1 Å². The maximum absolute atomic E-state index is 5.88. The van der Waals surface area contributed by atoms with E-state index in [-0.39, 0.29) is 0 Å². The summed E-state index contributed by atoms with van der Waals surface area (Å²) in [5.41, 5.74) is 0.985. The van der Waals surface area contributed by atoms with Crippen LogP contribution in [0.25, 0.3) is 0 Å². The number of halogens is 1. The van der Waals surface area contributed by atoms with Gasteiger partial charge in [-0.25, -0.2) is 0 Å². The van der Waals surface area contributed by atoms with Crippen molar-refractivity contribution in [1.82, 2.24) is 4.98 Å². The zero-order valence-electron chi connectivity index (χ0n) is 6.88. The summed E-state index contributed by atoms with van der Waals surface area (Å²) in [6.45, 7) is 1.95. The van der Waals surface area contributed by atoms with Gasteiger partial charge in [0.1, 0.15) is 5.75 Å². The van der Waals surface area contributed by atoms with Gasteiger partial charge in [-0.3, -0.25) is 4.98 Å². The van der Waals surface area contributed by atoms with Crippen LogP contribution in [0.2, 0.25) is 5.02 Å². The molecular weight excluding hydrogens is 174 g/mol. The second-order valence-corrected chi connectivity index (χ2v) is 3.47. The molecule has 1 aromatic heterocycles. The molecule has 1 saturated carbocycles. The molecule has 3 heteroatoms. The van der Waals surface area contributed by atoms with E-state index in [2.05, 4.69) is 4.98 Å². The molecule has 1 aromatic rings. The summed E-state index contributed by atoms with van der Waals surface area (Å²) in [6.07, 6.45) is 6.08. The van der Waals surface area contributed by atoms with E-state index >= 15 is 0 Å². The van der Waals surface area contributed by atoms with E-state index in [1.165, 1.54) is 0 Å². The molecule has 0 amide bonds. The van der Waals surface area contributed by atoms with Crippen LogP contribution in [0.4, 0.5) is 0 Å². The van der Waals surface area contributed by atoms with Gasteiger partial charge in [-0.05, 0) is 19.8 Å². The molecule has 0 unspecified atom stereocenters. The monoisotopic (exact) mass is 183 g/mol. The number of pyridine rings is 1. The highest BCUT2D eigenvalue weighted by Gasteiger charge is 2.24. The summed E-state index contributed by atoms with van der Waals surface area (Å²) in [4.78, 5) is 3.97. The molecule has 0 N–H and O–H groups in total. The Bertz CT molecular complexity index is 297. The van der Waals surface area contributed by atoms with E-state index < -0.39 is 0 Å². The van der Waals surface area contributed by atoms with Gasteiger partial charge >= 0.3 is 0 Å². The Morgan fingerprint density at radius 2 is 2.25 bits per heavy atom. The standard InChI is InChI=1S/C9H10ClNO/c1-6-8(10)4-11-5-9(6)12-7-2-3-7/h4-5,7H,2-3H2,1H3. The SMILES string of the molecule is Cc1c(Cl)cncc1OC1CC1. The summed E-state index contributed by atoms with van der Waals surface area (Å²) in [5.74, 6) is 0.824. The number of hydrogen-bond donors (Lipinski definition) is 0. The first-order valence-electron chi connectivity index (χ1n) is 4.04. The van der Waals surface area contributed by atoms with Crippen LogP contribution < -0.4 is 4.74 Å². The van der Waals surface area contributed by atoms with Gasteiger partial charge in [0.2, 0.25) is 0 Å². The van der Waals surface area contributed by atoms with Crippen molar-refractivity contribution in [3.8, 4) is 5.75 Å². The van der Waals surface area contributed by atoms with E-state index in [1.54, 1.807) is 12.4 Å². The smallest absolute Gasteiger partial charge is 0.142 e. The van der Waals surface area contributed by atoms with Crippen LogP contribution in [0.15, 0.2) is 12.4 Å². The first-order valence-corrected chi connectivity index (χ1v) is 4.42. The van der Waals surface area contributed by atoms with Gasteiger partial charge in [0.05, 0.1) is 17.3 Å². The Morgan fingerprint density at radius 1 is 1.50 bits per heavy atom. The number of rotatable bonds is 2. The van der Waals surface area contributed by atoms with Gasteiger partial charge in [0, 0.05) is 11.8 Å². The predicted molar refractivity (Wildman–Crippen MR) is 47.6 cm³/mol. The fourth-order valence-corrected chi connectivity index (χ4v) is 1.12. The molecule has 64 valence electrons. The second kappa shape index (κ2) is 2.94. The molecule has 0 saturated heterocycles. The zero-order chi connectivity index (χ0) is 8.55. The summed E-state index contributed by atoms with van der Waals surface area (Å²) in [6, 6.07) is 0. The predicted octanol–water partition coefficient (Wildman–Crippen LogP) is 2.58. The molecule has 0 aliphatic heterocycles. The van der Waals surface area contributed by atoms with Crippen LogP contribution in [0.3, 0.4) is 0 Å². The number of aromatic nitrogens is 1. The molecule has 2 rings (SSSR count). The Hall–Kier alpha value is -0.760. The maximum atomic E-state index is 5.88. The van der Waals surface area contributed by atoms with Crippen molar-refractivity contribution in [3.63, 3.8) is 0 Å². The van der Waals surface area contributed by atoms with Crippen molar-refractivity contribution in [3.05, 3.63) is 23.0 Å². The molecule has 0 radical (unpaired) electrons. The average molecular weight is 184 g/mol. The van der Waals surface area contributed by atoms with Crippen LogP contribution in [-0.2, 0) is 0 Å². The van der Waals surface area contributed by atoms with E-state index in [4.69, 9.17) is 16.3 Å². The van der Waals surface area contributed by atoms with Gasteiger partial charge in [-0.1, -0.05) is 11.6 Å². The Labute approximate surface area is 76.5 Å². The first-order chi connectivity index (χ1) is 5.77. The Balaban J connectivity index is 2.23. The van der Waals surface area contributed by atoms with Crippen LogP contribution in [0.5, 0.6) is 5.75 Å². The van der Waals surface area contributed by atoms with Crippen LogP contribution in [0, 0.1) is 6.92 Å². The van der Waals surface area contributed by atoms with Gasteiger partial charge in [0.15, 0.2) is 0 Å². The van der Waals surface area contributed by atoms with Crippen molar-refractivity contribution in [1.29, 1.82) is 0 Å². The highest BCUT2D eigenvalue weighted by atomic mass is 35.5. The minimum Gasteiger partial charge on any atom is -0.488 e. The average Bonchev–Trinajstić information content (AvgIpc) is 2.83. The van der Waals surface area contributed by atoms with E-state index in [0.717, 1.165) is 24.2 Å². The second-order valence-electron chi connectivity index (χ2n) is 3.06. The van der Waals surface area contributed by atoms with Gasteiger partial charge in [-0.15, -0.1) is 0 Å². The quantitative estimate of drug-likeness (QED) is 0.703. The molecule has 0 spiro atoms. The fraction of sp³-hybridized carbons (Fsp3) is 0.444. The minimum atomic E-state index is 0.406. The molecule has 1 aliphatic carbocycles. The van der Waals surface area contributed by atoms with Crippen molar-refractivity contribution in [2.45, 2.75) is 25.9 Å². The van der Waals surface area contributed by atoms with E-state index in [1.807, 2.05) is 6.92 Å². The highest BCUT2D eigenvalue weighted by molar-refractivity contribution is 6.31. The molecule has 0 aromatic carbocycles. The lowest BCUT2D eigenvalue weighted by Gasteiger charge is -2.07. The molecule has 1 fully saturated rings. The summed E-state index contributed by atoms with van der Waals surface area (Å²) >= 11 is 5.88. The fourth-order valence-electron chi connectivity index (χ4n) is 0.966. The largest absolute Gasteiger partial charge is 0.488 e. The number of hydrogen-bond acceptors (Lipinski definition) is 2. The van der Waals surface area contributed by atoms with Crippen molar-refractivity contribution in [2.75, 3.05) is 0 Å². The molecule has 0 bridgehead atoms. The van der Waals surface area contributed by atoms with Crippen LogP contribution in [0.1, 0.15) is 18.4 Å². The molecule has 1 heterocycles. The number of ether oxygens (including phenoxy) is 1. The lowest BCUT2D eigenvalue weighted by atomic mass is 10.3. The molecule has 0 atom stereocenters. The highest BCUT2D eigenvalue weighted by Crippen LogP contribution is 2.30. The summed E-state index contributed by atoms with van der Waals surface area (Å²) < 4.78 is 5.59. The summed E-state index contributed by atoms with van der Waals surface area (Å²) in [5, 5.41) is 0.674. The third-order valence-corrected chi connectivity index (χ3v) is 2.31. The Morgan fingerprint density at radius 3 is 2.92 bits per heavy atom. The van der Waals surface area contributed by atoms with E-state index in [9.17, 15) is 0 Å². The summed E-state index contributed by atoms with van der Waals surface area (Å²) in [7, 11) is 0. The van der Waals surface area contributed by atoms with Gasteiger partial charge in [0.25, 0.3) is 0 Å².